The molecule has 14 heavy (non-hydrogen) atoms. The van der Waals surface area contributed by atoms with Gasteiger partial charge < -0.3 is 9.05 Å². The molecule has 1 unspecified atom stereocenters. The third-order valence-corrected chi connectivity index (χ3v) is 4.68. The van der Waals surface area contributed by atoms with Crippen molar-refractivity contribution in [1.29, 1.82) is 0 Å². The first kappa shape index (κ1) is 13.9. The van der Waals surface area contributed by atoms with E-state index in [1.54, 1.807) is 6.08 Å². The van der Waals surface area contributed by atoms with Crippen molar-refractivity contribution in [3.05, 3.63) is 12.7 Å². The Bertz CT molecular complexity index is 194. The first-order valence-corrected chi connectivity index (χ1v) is 6.75. The van der Waals surface area contributed by atoms with Gasteiger partial charge in [-0.3, -0.25) is 4.57 Å². The number of hydrogen-bond acceptors (Lipinski definition) is 3. The summed E-state index contributed by atoms with van der Waals surface area (Å²) in [6, 6.07) is 0. The van der Waals surface area contributed by atoms with Crippen molar-refractivity contribution in [3.8, 4) is 0 Å². The Labute approximate surface area is 87.0 Å². The molecule has 0 spiro atoms. The maximum absolute atomic E-state index is 12.2. The zero-order valence-corrected chi connectivity index (χ0v) is 10.3. The highest BCUT2D eigenvalue weighted by Crippen LogP contribution is 2.55. The summed E-state index contributed by atoms with van der Waals surface area (Å²) in [5.74, 6) is 0. The van der Waals surface area contributed by atoms with Gasteiger partial charge in [-0.05, 0) is 26.7 Å². The van der Waals surface area contributed by atoms with E-state index in [0.717, 1.165) is 6.42 Å². The summed E-state index contributed by atoms with van der Waals surface area (Å²) in [4.78, 5) is 0. The summed E-state index contributed by atoms with van der Waals surface area (Å²) in [6.45, 7) is 10.1. The van der Waals surface area contributed by atoms with Crippen molar-refractivity contribution in [2.75, 3.05) is 13.2 Å². The SMILES string of the molecule is C=CCC(CC)P(=O)(OCC)OCC. The van der Waals surface area contributed by atoms with Gasteiger partial charge in [-0.1, -0.05) is 13.0 Å². The second-order valence-electron chi connectivity index (χ2n) is 2.96. The largest absolute Gasteiger partial charge is 0.333 e. The summed E-state index contributed by atoms with van der Waals surface area (Å²) in [5, 5.41) is 0. The predicted octanol–water partition coefficient (Wildman–Crippen LogP) is 3.61. The van der Waals surface area contributed by atoms with Crippen LogP contribution in [0, 0.1) is 0 Å². The van der Waals surface area contributed by atoms with E-state index >= 15 is 0 Å². The molecule has 0 saturated carbocycles. The van der Waals surface area contributed by atoms with Crippen LogP contribution in [0.4, 0.5) is 0 Å². The van der Waals surface area contributed by atoms with Gasteiger partial charge in [0.25, 0.3) is 0 Å². The lowest BCUT2D eigenvalue weighted by atomic mass is 10.2. The molecule has 0 saturated heterocycles. The minimum atomic E-state index is -2.92. The van der Waals surface area contributed by atoms with Gasteiger partial charge in [0.05, 0.1) is 18.9 Å². The molecule has 0 N–H and O–H groups in total. The summed E-state index contributed by atoms with van der Waals surface area (Å²) < 4.78 is 22.8. The minimum Gasteiger partial charge on any atom is -0.309 e. The lowest BCUT2D eigenvalue weighted by Gasteiger charge is -2.24. The number of hydrogen-bond donors (Lipinski definition) is 0. The molecule has 84 valence electrons. The zero-order chi connectivity index (χ0) is 11.0. The van der Waals surface area contributed by atoms with Crippen molar-refractivity contribution in [1.82, 2.24) is 0 Å². The normalized spacial score (nSPS) is 13.9. The van der Waals surface area contributed by atoms with Crippen LogP contribution in [0.15, 0.2) is 12.7 Å². The summed E-state index contributed by atoms with van der Waals surface area (Å²) in [6.07, 6.45) is 3.22. The maximum atomic E-state index is 12.2. The first-order valence-electron chi connectivity index (χ1n) is 5.14. The highest BCUT2D eigenvalue weighted by Gasteiger charge is 2.32. The van der Waals surface area contributed by atoms with Crippen LogP contribution in [0.3, 0.4) is 0 Å². The average Bonchev–Trinajstić information content (AvgIpc) is 2.14. The first-order chi connectivity index (χ1) is 6.64. The monoisotopic (exact) mass is 220 g/mol. The van der Waals surface area contributed by atoms with E-state index in [-0.39, 0.29) is 5.66 Å². The Hall–Kier alpha value is -0.110. The molecule has 0 aliphatic carbocycles. The molecular weight excluding hydrogens is 199 g/mol. The molecular formula is C10H21O3P. The van der Waals surface area contributed by atoms with Crippen LogP contribution in [0.25, 0.3) is 0 Å². The highest BCUT2D eigenvalue weighted by molar-refractivity contribution is 7.54. The standard InChI is InChI=1S/C10H21O3P/c1-5-9-10(6-2)14(11,12-7-3)13-8-4/h5,10H,1,6-9H2,2-4H3. The summed E-state index contributed by atoms with van der Waals surface area (Å²) in [7, 11) is -2.92. The number of rotatable bonds is 8. The molecule has 4 heteroatoms. The minimum absolute atomic E-state index is 0.0556. The van der Waals surface area contributed by atoms with Gasteiger partial charge in [0.2, 0.25) is 0 Å². The molecule has 0 amide bonds. The van der Waals surface area contributed by atoms with Crippen LogP contribution >= 0.6 is 7.60 Å². The third kappa shape index (κ3) is 3.95. The fourth-order valence-electron chi connectivity index (χ4n) is 1.32. The quantitative estimate of drug-likeness (QED) is 0.463. The zero-order valence-electron chi connectivity index (χ0n) is 9.36. The molecule has 0 aromatic rings. The Morgan fingerprint density at radius 1 is 1.29 bits per heavy atom. The number of allylic oxidation sites excluding steroid dienone is 1. The molecule has 0 fully saturated rings. The van der Waals surface area contributed by atoms with Gasteiger partial charge in [-0.2, -0.15) is 0 Å². The molecule has 0 aromatic carbocycles. The Morgan fingerprint density at radius 3 is 2.07 bits per heavy atom. The topological polar surface area (TPSA) is 35.5 Å². The van der Waals surface area contributed by atoms with Crippen LogP contribution in [0.1, 0.15) is 33.6 Å². The second-order valence-corrected chi connectivity index (χ2v) is 5.29. The molecule has 0 bridgehead atoms. The summed E-state index contributed by atoms with van der Waals surface area (Å²) >= 11 is 0. The van der Waals surface area contributed by atoms with Crippen molar-refractivity contribution < 1.29 is 13.6 Å². The Kier molecular flexibility index (Phi) is 7.16. The summed E-state index contributed by atoms with van der Waals surface area (Å²) in [5.41, 5.74) is -0.0556. The predicted molar refractivity (Wildman–Crippen MR) is 59.8 cm³/mol. The lowest BCUT2D eigenvalue weighted by Crippen LogP contribution is -2.11. The molecule has 0 aliphatic rings. The molecule has 0 heterocycles. The lowest BCUT2D eigenvalue weighted by molar-refractivity contribution is 0.211. The average molecular weight is 220 g/mol. The van der Waals surface area contributed by atoms with Crippen LogP contribution in [0.2, 0.25) is 0 Å². The fraction of sp³-hybridized carbons (Fsp3) is 0.800. The molecule has 0 aliphatic heterocycles. The third-order valence-electron chi connectivity index (χ3n) is 1.98. The van der Waals surface area contributed by atoms with Crippen LogP contribution in [0.5, 0.6) is 0 Å². The van der Waals surface area contributed by atoms with Crippen molar-refractivity contribution in [3.63, 3.8) is 0 Å². The van der Waals surface area contributed by atoms with Crippen molar-refractivity contribution in [2.45, 2.75) is 39.3 Å². The van der Waals surface area contributed by atoms with E-state index in [1.165, 1.54) is 0 Å². The van der Waals surface area contributed by atoms with Crippen LogP contribution in [-0.2, 0) is 13.6 Å². The van der Waals surface area contributed by atoms with Crippen LogP contribution in [-0.4, -0.2) is 18.9 Å². The molecule has 0 radical (unpaired) electrons. The van der Waals surface area contributed by atoms with Gasteiger partial charge in [0, 0.05) is 0 Å². The fourth-order valence-corrected chi connectivity index (χ4v) is 3.39. The van der Waals surface area contributed by atoms with E-state index in [9.17, 15) is 4.57 Å². The van der Waals surface area contributed by atoms with E-state index in [4.69, 9.17) is 9.05 Å². The molecule has 0 aromatic heterocycles. The van der Waals surface area contributed by atoms with E-state index in [0.29, 0.717) is 19.6 Å². The highest BCUT2D eigenvalue weighted by atomic mass is 31.2. The van der Waals surface area contributed by atoms with Crippen LogP contribution < -0.4 is 0 Å². The van der Waals surface area contributed by atoms with Gasteiger partial charge in [-0.25, -0.2) is 0 Å². The Morgan fingerprint density at radius 2 is 1.79 bits per heavy atom. The van der Waals surface area contributed by atoms with Crippen molar-refractivity contribution in [2.24, 2.45) is 0 Å². The Balaban J connectivity index is 4.56. The van der Waals surface area contributed by atoms with E-state index in [2.05, 4.69) is 6.58 Å². The maximum Gasteiger partial charge on any atom is 0.333 e. The van der Waals surface area contributed by atoms with Gasteiger partial charge in [0.15, 0.2) is 0 Å². The van der Waals surface area contributed by atoms with E-state index < -0.39 is 7.60 Å². The van der Waals surface area contributed by atoms with Gasteiger partial charge >= 0.3 is 7.60 Å². The smallest absolute Gasteiger partial charge is 0.309 e. The molecule has 1 atom stereocenters. The van der Waals surface area contributed by atoms with E-state index in [1.807, 2.05) is 20.8 Å². The second kappa shape index (κ2) is 7.22. The molecule has 0 rings (SSSR count). The molecule has 3 nitrogen and oxygen atoms in total. The van der Waals surface area contributed by atoms with Gasteiger partial charge in [0.1, 0.15) is 0 Å². The van der Waals surface area contributed by atoms with Gasteiger partial charge in [-0.15, -0.1) is 6.58 Å². The van der Waals surface area contributed by atoms with Crippen molar-refractivity contribution >= 4 is 7.60 Å².